The number of non-ortho nitro benzene ring substituents is 1. The van der Waals surface area contributed by atoms with Crippen molar-refractivity contribution in [3.05, 3.63) is 56.6 Å². The molecule has 9 heteroatoms. The summed E-state index contributed by atoms with van der Waals surface area (Å²) in [5.74, 6) is 0.0413. The number of benzene rings is 2. The molecule has 0 aliphatic carbocycles. The number of nitrogens with one attached hydrogen (secondary N) is 1. The fourth-order valence-electron chi connectivity index (χ4n) is 1.99. The van der Waals surface area contributed by atoms with E-state index in [0.29, 0.717) is 15.8 Å². The highest BCUT2D eigenvalue weighted by molar-refractivity contribution is 6.34. The Balaban J connectivity index is 2.11. The van der Waals surface area contributed by atoms with Crippen molar-refractivity contribution < 1.29 is 19.2 Å². The second-order valence-electron chi connectivity index (χ2n) is 5.00. The molecule has 7 nitrogen and oxygen atoms in total. The molecule has 1 N–H and O–H groups in total. The fraction of sp³-hybridized carbons (Fsp3) is 0.188. The molecule has 0 bridgehead atoms. The number of carbonyl (C=O) groups is 1. The van der Waals surface area contributed by atoms with E-state index in [0.717, 1.165) is 0 Å². The molecule has 132 valence electrons. The van der Waals surface area contributed by atoms with Crippen LogP contribution in [0.3, 0.4) is 0 Å². The molecule has 0 fully saturated rings. The van der Waals surface area contributed by atoms with Gasteiger partial charge in [0.05, 0.1) is 23.8 Å². The van der Waals surface area contributed by atoms with Gasteiger partial charge in [0.2, 0.25) is 0 Å². The Labute approximate surface area is 153 Å². The number of hydrogen-bond acceptors (Lipinski definition) is 5. The minimum absolute atomic E-state index is 0.146. The number of nitrogens with zero attached hydrogens (tertiary/aromatic N) is 1. The number of nitro benzene ring substituents is 1. The number of methoxy groups -OCH3 is 1. The second kappa shape index (κ2) is 8.04. The summed E-state index contributed by atoms with van der Waals surface area (Å²) < 4.78 is 10.6. The topological polar surface area (TPSA) is 90.7 Å². The minimum atomic E-state index is -0.866. The summed E-state index contributed by atoms with van der Waals surface area (Å²) in [5, 5.41) is 14.2. The monoisotopic (exact) mass is 384 g/mol. The van der Waals surface area contributed by atoms with E-state index in [2.05, 4.69) is 5.32 Å². The summed E-state index contributed by atoms with van der Waals surface area (Å²) in [6.45, 7) is 1.54. The average molecular weight is 385 g/mol. The van der Waals surface area contributed by atoms with Crippen molar-refractivity contribution in [2.45, 2.75) is 13.0 Å². The Morgan fingerprint density at radius 1 is 1.20 bits per heavy atom. The van der Waals surface area contributed by atoms with Crippen LogP contribution in [0, 0.1) is 10.1 Å². The van der Waals surface area contributed by atoms with E-state index in [4.69, 9.17) is 32.7 Å². The van der Waals surface area contributed by atoms with Gasteiger partial charge in [-0.15, -0.1) is 0 Å². The number of rotatable bonds is 6. The van der Waals surface area contributed by atoms with Gasteiger partial charge < -0.3 is 14.8 Å². The van der Waals surface area contributed by atoms with Crippen LogP contribution in [0.1, 0.15) is 6.92 Å². The number of halogens is 2. The van der Waals surface area contributed by atoms with Crippen molar-refractivity contribution in [2.24, 2.45) is 0 Å². The van der Waals surface area contributed by atoms with E-state index < -0.39 is 16.9 Å². The molecule has 0 aliphatic rings. The largest absolute Gasteiger partial charge is 0.494 e. The first-order valence-corrected chi connectivity index (χ1v) is 7.82. The predicted molar refractivity (Wildman–Crippen MR) is 94.8 cm³/mol. The standard InChI is InChI=1S/C16H14Cl2N2O5/c1-9(25-13-6-10(17)5-11(18)7-13)16(21)19-14-4-3-12(20(22)23)8-15(14)24-2/h3-9H,1-2H3,(H,19,21). The lowest BCUT2D eigenvalue weighted by Crippen LogP contribution is -2.30. The maximum absolute atomic E-state index is 12.3. The Hall–Kier alpha value is -2.51. The van der Waals surface area contributed by atoms with Crippen LogP contribution >= 0.6 is 23.2 Å². The van der Waals surface area contributed by atoms with Gasteiger partial charge in [0.1, 0.15) is 11.5 Å². The molecule has 0 spiro atoms. The van der Waals surface area contributed by atoms with E-state index in [9.17, 15) is 14.9 Å². The molecule has 0 saturated carbocycles. The lowest BCUT2D eigenvalue weighted by atomic mass is 10.2. The third-order valence-electron chi connectivity index (χ3n) is 3.17. The van der Waals surface area contributed by atoms with Gasteiger partial charge in [0.25, 0.3) is 11.6 Å². The Bertz CT molecular complexity index is 793. The number of carbonyl (C=O) groups excluding carboxylic acids is 1. The van der Waals surface area contributed by atoms with Gasteiger partial charge in [0, 0.05) is 16.1 Å². The Morgan fingerprint density at radius 2 is 1.84 bits per heavy atom. The Kier molecular flexibility index (Phi) is 6.06. The molecule has 0 radical (unpaired) electrons. The van der Waals surface area contributed by atoms with Crippen molar-refractivity contribution in [1.29, 1.82) is 0 Å². The summed E-state index contributed by atoms with van der Waals surface area (Å²) in [6, 6.07) is 8.48. The van der Waals surface area contributed by atoms with Crippen molar-refractivity contribution in [3.8, 4) is 11.5 Å². The van der Waals surface area contributed by atoms with Gasteiger partial charge in [-0.3, -0.25) is 14.9 Å². The summed E-state index contributed by atoms with van der Waals surface area (Å²) in [4.78, 5) is 22.5. The summed E-state index contributed by atoms with van der Waals surface area (Å²) in [6.07, 6.45) is -0.866. The highest BCUT2D eigenvalue weighted by Gasteiger charge is 2.19. The zero-order valence-corrected chi connectivity index (χ0v) is 14.8. The highest BCUT2D eigenvalue weighted by Crippen LogP contribution is 2.29. The maximum Gasteiger partial charge on any atom is 0.273 e. The molecular weight excluding hydrogens is 371 g/mol. The molecule has 0 heterocycles. The number of amides is 1. The van der Waals surface area contributed by atoms with Crippen LogP contribution in [-0.2, 0) is 4.79 Å². The minimum Gasteiger partial charge on any atom is -0.494 e. The first kappa shape index (κ1) is 18.8. The van der Waals surface area contributed by atoms with Crippen LogP contribution in [-0.4, -0.2) is 24.0 Å². The zero-order valence-electron chi connectivity index (χ0n) is 13.3. The van der Waals surface area contributed by atoms with Crippen molar-refractivity contribution in [3.63, 3.8) is 0 Å². The Morgan fingerprint density at radius 3 is 2.40 bits per heavy atom. The van der Waals surface area contributed by atoms with E-state index in [1.165, 1.54) is 37.4 Å². The van der Waals surface area contributed by atoms with Crippen LogP contribution in [0.2, 0.25) is 10.0 Å². The lowest BCUT2D eigenvalue weighted by Gasteiger charge is -2.16. The van der Waals surface area contributed by atoms with Crippen LogP contribution < -0.4 is 14.8 Å². The van der Waals surface area contributed by atoms with Crippen molar-refractivity contribution >= 4 is 40.5 Å². The molecule has 2 aromatic carbocycles. The van der Waals surface area contributed by atoms with Gasteiger partial charge in [-0.05, 0) is 31.2 Å². The quantitative estimate of drug-likeness (QED) is 0.591. The highest BCUT2D eigenvalue weighted by atomic mass is 35.5. The van der Waals surface area contributed by atoms with Crippen LogP contribution in [0.5, 0.6) is 11.5 Å². The van der Waals surface area contributed by atoms with Crippen LogP contribution in [0.4, 0.5) is 11.4 Å². The number of nitro groups is 1. The summed E-state index contributed by atoms with van der Waals surface area (Å²) in [7, 11) is 1.35. The predicted octanol–water partition coefficient (Wildman–Crippen LogP) is 4.32. The zero-order chi connectivity index (χ0) is 18.6. The molecule has 1 atom stereocenters. The molecule has 25 heavy (non-hydrogen) atoms. The fourth-order valence-corrected chi connectivity index (χ4v) is 2.49. The van der Waals surface area contributed by atoms with Crippen LogP contribution in [0.25, 0.3) is 0 Å². The number of hydrogen-bond donors (Lipinski definition) is 1. The van der Waals surface area contributed by atoms with E-state index in [-0.39, 0.29) is 17.1 Å². The average Bonchev–Trinajstić information content (AvgIpc) is 2.53. The normalized spacial score (nSPS) is 11.5. The molecule has 0 saturated heterocycles. The SMILES string of the molecule is COc1cc([N+](=O)[O-])ccc1NC(=O)C(C)Oc1cc(Cl)cc(Cl)c1. The third-order valence-corrected chi connectivity index (χ3v) is 3.61. The van der Waals surface area contributed by atoms with Gasteiger partial charge in [-0.25, -0.2) is 0 Å². The van der Waals surface area contributed by atoms with Crippen LogP contribution in [0.15, 0.2) is 36.4 Å². The third kappa shape index (κ3) is 4.98. The first-order chi connectivity index (χ1) is 11.8. The molecule has 0 aliphatic heterocycles. The van der Waals surface area contributed by atoms with Gasteiger partial charge in [0.15, 0.2) is 6.10 Å². The van der Waals surface area contributed by atoms with Crippen molar-refractivity contribution in [1.82, 2.24) is 0 Å². The molecule has 1 unspecified atom stereocenters. The first-order valence-electron chi connectivity index (χ1n) is 7.06. The van der Waals surface area contributed by atoms with Gasteiger partial charge in [-0.1, -0.05) is 23.2 Å². The van der Waals surface area contributed by atoms with Gasteiger partial charge in [-0.2, -0.15) is 0 Å². The number of anilines is 1. The van der Waals surface area contributed by atoms with E-state index in [1.807, 2.05) is 0 Å². The summed E-state index contributed by atoms with van der Waals surface area (Å²) in [5.41, 5.74) is 0.144. The second-order valence-corrected chi connectivity index (χ2v) is 5.87. The smallest absolute Gasteiger partial charge is 0.273 e. The maximum atomic E-state index is 12.3. The lowest BCUT2D eigenvalue weighted by molar-refractivity contribution is -0.384. The summed E-state index contributed by atoms with van der Waals surface area (Å²) >= 11 is 11.8. The molecule has 2 aromatic rings. The molecule has 1 amide bonds. The molecule has 2 rings (SSSR count). The molecule has 0 aromatic heterocycles. The van der Waals surface area contributed by atoms with E-state index >= 15 is 0 Å². The van der Waals surface area contributed by atoms with Crippen molar-refractivity contribution in [2.75, 3.05) is 12.4 Å². The molecular formula is C16H14Cl2N2O5. The van der Waals surface area contributed by atoms with E-state index in [1.54, 1.807) is 13.0 Å². The van der Waals surface area contributed by atoms with Gasteiger partial charge >= 0.3 is 0 Å². The number of ether oxygens (including phenoxy) is 2.